The third-order valence-electron chi connectivity index (χ3n) is 7.53. The number of benzene rings is 3. The zero-order chi connectivity index (χ0) is 30.3. The first-order chi connectivity index (χ1) is 19.4. The van der Waals surface area contributed by atoms with Crippen LogP contribution in [0.4, 0.5) is 5.69 Å². The molecule has 0 aromatic heterocycles. The van der Waals surface area contributed by atoms with Gasteiger partial charge in [0.2, 0.25) is 11.8 Å². The van der Waals surface area contributed by atoms with Crippen LogP contribution in [0.15, 0.2) is 71.6 Å². The lowest BCUT2D eigenvalue weighted by Gasteiger charge is -2.34. The van der Waals surface area contributed by atoms with Crippen molar-refractivity contribution < 1.29 is 18.0 Å². The molecule has 0 spiro atoms. The normalized spacial score (nSPS) is 12.9. The van der Waals surface area contributed by atoms with E-state index in [4.69, 9.17) is 0 Å². The average molecular weight is 578 g/mol. The third kappa shape index (κ3) is 7.97. The maximum atomic E-state index is 14.2. The number of carbonyl (C=O) groups excluding carboxylic acids is 2. The van der Waals surface area contributed by atoms with E-state index in [-0.39, 0.29) is 23.4 Å². The Labute approximate surface area is 245 Å². The first-order valence-corrected chi connectivity index (χ1v) is 15.6. The van der Waals surface area contributed by atoms with E-state index in [0.717, 1.165) is 38.5 Å². The number of aryl methyl sites for hydroxylation is 4. The van der Waals surface area contributed by atoms with Crippen molar-refractivity contribution in [2.75, 3.05) is 10.8 Å². The number of hydrogen-bond donors (Lipinski definition) is 1. The third-order valence-corrected chi connectivity index (χ3v) is 9.31. The van der Waals surface area contributed by atoms with Gasteiger partial charge in [-0.2, -0.15) is 0 Å². The Kier molecular flexibility index (Phi) is 10.7. The van der Waals surface area contributed by atoms with Crippen molar-refractivity contribution in [3.63, 3.8) is 0 Å². The highest BCUT2D eigenvalue weighted by Crippen LogP contribution is 2.27. The summed E-state index contributed by atoms with van der Waals surface area (Å²) in [6, 6.07) is 18.9. The number of rotatable bonds is 12. The molecule has 7 nitrogen and oxygen atoms in total. The fourth-order valence-electron chi connectivity index (χ4n) is 4.50. The molecule has 1 N–H and O–H groups in total. The number of nitrogens with one attached hydrogen (secondary N) is 1. The van der Waals surface area contributed by atoms with Crippen LogP contribution in [0.3, 0.4) is 0 Å². The predicted octanol–water partition coefficient (Wildman–Crippen LogP) is 5.84. The van der Waals surface area contributed by atoms with Crippen molar-refractivity contribution in [1.29, 1.82) is 0 Å². The molecule has 2 atom stereocenters. The Hall–Kier alpha value is -3.65. The minimum absolute atomic E-state index is 0.0539. The van der Waals surface area contributed by atoms with E-state index < -0.39 is 28.5 Å². The van der Waals surface area contributed by atoms with Gasteiger partial charge in [-0.15, -0.1) is 0 Å². The lowest BCUT2D eigenvalue weighted by atomic mass is 10.1. The second kappa shape index (κ2) is 13.8. The fraction of sp³-hybridized carbons (Fsp3) is 0.394. The van der Waals surface area contributed by atoms with Gasteiger partial charge in [-0.25, -0.2) is 8.42 Å². The first-order valence-electron chi connectivity index (χ1n) is 14.2. The van der Waals surface area contributed by atoms with Crippen LogP contribution >= 0.6 is 0 Å². The Morgan fingerprint density at radius 1 is 0.805 bits per heavy atom. The van der Waals surface area contributed by atoms with E-state index in [1.54, 1.807) is 36.4 Å². The maximum Gasteiger partial charge on any atom is 0.264 e. The molecule has 2 amide bonds. The minimum Gasteiger partial charge on any atom is -0.352 e. The van der Waals surface area contributed by atoms with E-state index in [2.05, 4.69) is 5.32 Å². The van der Waals surface area contributed by atoms with Crippen molar-refractivity contribution in [1.82, 2.24) is 10.2 Å². The van der Waals surface area contributed by atoms with Gasteiger partial charge in [-0.1, -0.05) is 67.4 Å². The van der Waals surface area contributed by atoms with Gasteiger partial charge in [-0.3, -0.25) is 13.9 Å². The van der Waals surface area contributed by atoms with Crippen LogP contribution in [-0.4, -0.2) is 43.8 Å². The maximum absolute atomic E-state index is 14.2. The molecule has 0 aliphatic carbocycles. The molecule has 0 fully saturated rings. The largest absolute Gasteiger partial charge is 0.352 e. The Morgan fingerprint density at radius 2 is 1.39 bits per heavy atom. The van der Waals surface area contributed by atoms with Crippen molar-refractivity contribution in [3.05, 3.63) is 94.5 Å². The molecular weight excluding hydrogens is 534 g/mol. The summed E-state index contributed by atoms with van der Waals surface area (Å²) >= 11 is 0. The monoisotopic (exact) mass is 577 g/mol. The van der Waals surface area contributed by atoms with Crippen molar-refractivity contribution >= 4 is 27.5 Å². The molecule has 0 aliphatic heterocycles. The van der Waals surface area contributed by atoms with Crippen LogP contribution in [0.5, 0.6) is 0 Å². The fourth-order valence-corrected chi connectivity index (χ4v) is 5.90. The molecule has 41 heavy (non-hydrogen) atoms. The molecule has 220 valence electrons. The summed E-state index contributed by atoms with van der Waals surface area (Å²) < 4.78 is 29.2. The van der Waals surface area contributed by atoms with Crippen molar-refractivity contribution in [2.24, 2.45) is 0 Å². The number of amides is 2. The summed E-state index contributed by atoms with van der Waals surface area (Å²) in [5.74, 6) is -0.702. The SMILES string of the molecule is CC[C@@H](C)NC(=O)[C@H](CC)N(Cc1ccc(C)cc1)C(=O)CN(c1ccc(C)c(C)c1)S(=O)(=O)c1ccc(C)cc1. The van der Waals surface area contributed by atoms with Gasteiger partial charge in [0.1, 0.15) is 12.6 Å². The number of hydrogen-bond acceptors (Lipinski definition) is 4. The van der Waals surface area contributed by atoms with E-state index in [1.807, 2.05) is 78.8 Å². The number of sulfonamides is 1. The minimum atomic E-state index is -4.10. The number of anilines is 1. The van der Waals surface area contributed by atoms with Gasteiger partial charge in [-0.05, 0) is 88.4 Å². The zero-order valence-electron chi connectivity index (χ0n) is 25.3. The molecule has 0 aliphatic rings. The van der Waals surface area contributed by atoms with Crippen LogP contribution < -0.4 is 9.62 Å². The lowest BCUT2D eigenvalue weighted by Crippen LogP contribution is -2.53. The van der Waals surface area contributed by atoms with Crippen LogP contribution in [0, 0.1) is 27.7 Å². The number of nitrogens with zero attached hydrogens (tertiary/aromatic N) is 2. The quantitative estimate of drug-likeness (QED) is 0.293. The summed E-state index contributed by atoms with van der Waals surface area (Å²) in [5, 5.41) is 3.01. The zero-order valence-corrected chi connectivity index (χ0v) is 26.1. The predicted molar refractivity (Wildman–Crippen MR) is 165 cm³/mol. The lowest BCUT2D eigenvalue weighted by molar-refractivity contribution is -0.140. The Balaban J connectivity index is 2.08. The molecule has 0 saturated carbocycles. The molecule has 0 saturated heterocycles. The van der Waals surface area contributed by atoms with Gasteiger partial charge < -0.3 is 10.2 Å². The molecule has 3 aromatic carbocycles. The Bertz CT molecular complexity index is 1450. The van der Waals surface area contributed by atoms with Crippen molar-refractivity contribution in [2.45, 2.75) is 84.8 Å². The molecular formula is C33H43N3O4S. The van der Waals surface area contributed by atoms with Gasteiger partial charge in [0.05, 0.1) is 10.6 Å². The van der Waals surface area contributed by atoms with E-state index in [0.29, 0.717) is 12.1 Å². The molecule has 0 heterocycles. The highest BCUT2D eigenvalue weighted by Gasteiger charge is 2.34. The molecule has 0 unspecified atom stereocenters. The first kappa shape index (κ1) is 31.9. The molecule has 3 aromatic rings. The summed E-state index contributed by atoms with van der Waals surface area (Å²) in [4.78, 5) is 29.2. The smallest absolute Gasteiger partial charge is 0.264 e. The van der Waals surface area contributed by atoms with Crippen LogP contribution in [-0.2, 0) is 26.2 Å². The van der Waals surface area contributed by atoms with Gasteiger partial charge >= 0.3 is 0 Å². The summed E-state index contributed by atoms with van der Waals surface area (Å²) in [5.41, 5.74) is 5.20. The van der Waals surface area contributed by atoms with Crippen LogP contribution in [0.25, 0.3) is 0 Å². The van der Waals surface area contributed by atoms with E-state index in [1.165, 1.54) is 4.90 Å². The van der Waals surface area contributed by atoms with E-state index >= 15 is 0 Å². The highest BCUT2D eigenvalue weighted by atomic mass is 32.2. The summed E-state index contributed by atoms with van der Waals surface area (Å²) in [6.45, 7) is 13.2. The second-order valence-electron chi connectivity index (χ2n) is 10.8. The molecule has 3 rings (SSSR count). The second-order valence-corrected chi connectivity index (χ2v) is 12.7. The summed E-state index contributed by atoms with van der Waals surface area (Å²) in [7, 11) is -4.10. The van der Waals surface area contributed by atoms with Gasteiger partial charge in [0.25, 0.3) is 10.0 Å². The molecule has 0 bridgehead atoms. The van der Waals surface area contributed by atoms with Crippen LogP contribution in [0.1, 0.15) is 61.4 Å². The van der Waals surface area contributed by atoms with E-state index in [9.17, 15) is 18.0 Å². The van der Waals surface area contributed by atoms with Crippen LogP contribution in [0.2, 0.25) is 0 Å². The Morgan fingerprint density at radius 3 is 1.93 bits per heavy atom. The standard InChI is InChI=1S/C33H43N3O4S/c1-8-27(7)34-33(38)31(9-2)35(21-28-15-10-23(3)11-16-28)32(37)22-36(29-17-14-25(5)26(6)20-29)41(39,40)30-18-12-24(4)13-19-30/h10-20,27,31H,8-9,21-22H2,1-7H3,(H,34,38)/t27-,31+/m1/s1. The molecule has 0 radical (unpaired) electrons. The summed E-state index contributed by atoms with van der Waals surface area (Å²) in [6.07, 6.45) is 1.14. The number of carbonyl (C=O) groups is 2. The molecule has 8 heteroatoms. The topological polar surface area (TPSA) is 86.8 Å². The average Bonchev–Trinajstić information content (AvgIpc) is 2.94. The highest BCUT2D eigenvalue weighted by molar-refractivity contribution is 7.92. The van der Waals surface area contributed by atoms with Gasteiger partial charge in [0.15, 0.2) is 0 Å². The van der Waals surface area contributed by atoms with Gasteiger partial charge in [0, 0.05) is 12.6 Å². The van der Waals surface area contributed by atoms with Crippen molar-refractivity contribution in [3.8, 4) is 0 Å².